The first-order chi connectivity index (χ1) is 24.0. The Morgan fingerprint density at radius 1 is 1.06 bits per heavy atom. The van der Waals surface area contributed by atoms with E-state index >= 15 is 0 Å². The van der Waals surface area contributed by atoms with E-state index in [1.165, 1.54) is 31.0 Å². The lowest BCUT2D eigenvalue weighted by Crippen LogP contribution is -2.71. The van der Waals surface area contributed by atoms with Crippen LogP contribution in [0.1, 0.15) is 36.8 Å². The fourth-order valence-corrected chi connectivity index (χ4v) is 7.28. The van der Waals surface area contributed by atoms with Gasteiger partial charge < -0.3 is 30.5 Å². The lowest BCUT2D eigenvalue weighted by atomic mass is 10.0. The molecule has 15 heteroatoms. The third-order valence-corrected chi connectivity index (χ3v) is 9.96. The monoisotopic (exact) mass is 712 g/mol. The number of carboxylic acids is 1. The number of thiazole rings is 1. The third kappa shape index (κ3) is 7.23. The van der Waals surface area contributed by atoms with E-state index in [0.717, 1.165) is 27.4 Å². The van der Waals surface area contributed by atoms with Crippen LogP contribution in [0.4, 0.5) is 5.13 Å². The molecule has 13 nitrogen and oxygen atoms in total. The summed E-state index contributed by atoms with van der Waals surface area (Å²) in [4.78, 5) is 63.8. The molecule has 2 aromatic heterocycles. The lowest BCUT2D eigenvalue weighted by Gasteiger charge is -2.50. The standard InChI is InChI=1S/C35H32N6O7S2/c1-35(2,33(46)47-28(21-12-6-3-7-13-21)22-14-8-4-9-15-22)48-39-25(24-20-50-34(36)37-24)29(42)38-26-30(43)41-27(32(44)45)23(19-49-31(26)41)18-40-16-10-5-11-17-40/h3-17,20,26,28,31H,18-19H2,1-2H3,(H3-,36,37,38,42,44,45)/b39-25-/t26-,31-/m1/s1. The van der Waals surface area contributed by atoms with Crippen molar-refractivity contribution in [3.05, 3.63) is 125 Å². The number of rotatable bonds is 12. The van der Waals surface area contributed by atoms with Crippen LogP contribution in [0, 0.1) is 0 Å². The van der Waals surface area contributed by atoms with Crippen LogP contribution in [0.15, 0.2) is 113 Å². The Morgan fingerprint density at radius 3 is 2.26 bits per heavy atom. The fraction of sp³-hybridized carbons (Fsp3) is 0.229. The van der Waals surface area contributed by atoms with E-state index in [4.69, 9.17) is 15.3 Å². The number of pyridine rings is 1. The molecule has 1 fully saturated rings. The maximum absolute atomic E-state index is 13.7. The highest BCUT2D eigenvalue weighted by Gasteiger charge is 2.53. The molecule has 6 rings (SSSR count). The first-order valence-corrected chi connectivity index (χ1v) is 17.4. The van der Waals surface area contributed by atoms with Crippen molar-refractivity contribution in [3.8, 4) is 0 Å². The number of fused-ring (bicyclic) bond motifs is 1. The number of hydrogen-bond acceptors (Lipinski definition) is 12. The van der Waals surface area contributed by atoms with Gasteiger partial charge in [-0.1, -0.05) is 71.9 Å². The number of β-lactam (4-membered cyclic amide) rings is 1. The Kier molecular flexibility index (Phi) is 9.97. The second kappa shape index (κ2) is 14.5. The number of carboxylic acid groups (broad SMARTS) is 1. The molecule has 1 saturated heterocycles. The number of amides is 2. The number of ether oxygens (including phenoxy) is 1. The van der Waals surface area contributed by atoms with Crippen LogP contribution in [0.25, 0.3) is 0 Å². The first-order valence-electron chi connectivity index (χ1n) is 15.4. The Bertz CT molecular complexity index is 1930. The van der Waals surface area contributed by atoms with Gasteiger partial charge in [0.15, 0.2) is 35.9 Å². The number of anilines is 1. The van der Waals surface area contributed by atoms with Gasteiger partial charge in [-0.25, -0.2) is 14.3 Å². The van der Waals surface area contributed by atoms with Crippen LogP contribution >= 0.6 is 23.1 Å². The van der Waals surface area contributed by atoms with Gasteiger partial charge in [-0.15, -0.1) is 23.1 Å². The molecule has 0 unspecified atom stereocenters. The molecular formula is C35H32N6O7S2. The predicted octanol–water partition coefficient (Wildman–Crippen LogP) is 1.95. The molecule has 50 heavy (non-hydrogen) atoms. The van der Waals surface area contributed by atoms with E-state index in [2.05, 4.69) is 15.5 Å². The minimum Gasteiger partial charge on any atom is -0.543 e. The van der Waals surface area contributed by atoms with Crippen LogP contribution < -0.4 is 20.7 Å². The molecule has 4 heterocycles. The topological polar surface area (TPSA) is 180 Å². The number of hydrogen-bond donors (Lipinski definition) is 2. The summed E-state index contributed by atoms with van der Waals surface area (Å²) in [5, 5.41) is 19.8. The van der Waals surface area contributed by atoms with E-state index in [1.807, 2.05) is 78.9 Å². The van der Waals surface area contributed by atoms with Crippen LogP contribution in [-0.4, -0.2) is 62.1 Å². The summed E-state index contributed by atoms with van der Waals surface area (Å²) in [6, 6.07) is 22.8. The van der Waals surface area contributed by atoms with Gasteiger partial charge in [0.05, 0.1) is 11.7 Å². The Balaban J connectivity index is 1.20. The van der Waals surface area contributed by atoms with Gasteiger partial charge in [0.2, 0.25) is 5.60 Å². The SMILES string of the molecule is CC(C)(O/N=C(\C(=O)N[C@@H]1C(=O)N2C(C(=O)[O-])=C(C[n+]3ccccc3)CS[C@H]12)c1csc(N)n1)C(=O)OC(c1ccccc1)c1ccccc1. The first kappa shape index (κ1) is 34.3. The smallest absolute Gasteiger partial charge is 0.353 e. The van der Waals surface area contributed by atoms with E-state index in [9.17, 15) is 24.3 Å². The number of nitrogens with two attached hydrogens (primary N) is 1. The Morgan fingerprint density at radius 2 is 1.68 bits per heavy atom. The molecular weight excluding hydrogens is 681 g/mol. The van der Waals surface area contributed by atoms with Crippen LogP contribution in [0.5, 0.6) is 0 Å². The zero-order chi connectivity index (χ0) is 35.4. The maximum atomic E-state index is 13.7. The molecule has 0 spiro atoms. The number of benzene rings is 2. The summed E-state index contributed by atoms with van der Waals surface area (Å²) in [5.41, 5.74) is 5.65. The van der Waals surface area contributed by atoms with Gasteiger partial charge >= 0.3 is 5.97 Å². The summed E-state index contributed by atoms with van der Waals surface area (Å²) in [6.07, 6.45) is 2.83. The number of nitrogens with zero attached hydrogens (tertiary/aromatic N) is 4. The highest BCUT2D eigenvalue weighted by atomic mass is 32.2. The van der Waals surface area contributed by atoms with E-state index in [0.29, 0.717) is 11.3 Å². The quantitative estimate of drug-likeness (QED) is 0.0725. The molecule has 2 aliphatic rings. The largest absolute Gasteiger partial charge is 0.543 e. The van der Waals surface area contributed by atoms with Crippen molar-refractivity contribution in [2.24, 2.45) is 5.16 Å². The average molecular weight is 713 g/mol. The summed E-state index contributed by atoms with van der Waals surface area (Å²) in [7, 11) is 0. The van der Waals surface area contributed by atoms with Gasteiger partial charge in [-0.2, -0.15) is 0 Å². The summed E-state index contributed by atoms with van der Waals surface area (Å²) in [5.74, 6) is -3.41. The van der Waals surface area contributed by atoms with E-state index < -0.39 is 46.9 Å². The number of aliphatic carboxylic acids is 1. The van der Waals surface area contributed by atoms with Gasteiger partial charge in [-0.3, -0.25) is 14.5 Å². The molecule has 2 aromatic carbocycles. The van der Waals surface area contributed by atoms with Crippen LogP contribution in [0.2, 0.25) is 0 Å². The number of aromatic nitrogens is 2. The van der Waals surface area contributed by atoms with Crippen molar-refractivity contribution < 1.29 is 38.4 Å². The molecule has 2 aliphatic heterocycles. The van der Waals surface area contributed by atoms with Gasteiger partial charge in [-0.05, 0) is 25.0 Å². The Hall–Kier alpha value is -5.54. The zero-order valence-electron chi connectivity index (χ0n) is 26.9. The molecule has 3 N–H and O–H groups in total. The fourth-order valence-electron chi connectivity index (χ4n) is 5.39. The average Bonchev–Trinajstić information content (AvgIpc) is 3.55. The van der Waals surface area contributed by atoms with Crippen molar-refractivity contribution >= 4 is 57.7 Å². The highest BCUT2D eigenvalue weighted by Crippen LogP contribution is 2.40. The van der Waals surface area contributed by atoms with Crippen molar-refractivity contribution in [1.82, 2.24) is 15.2 Å². The van der Waals surface area contributed by atoms with E-state index in [-0.39, 0.29) is 28.8 Å². The number of thioether (sulfide) groups is 1. The molecule has 0 saturated carbocycles. The number of nitrogen functional groups attached to an aromatic ring is 1. The number of esters is 1. The van der Waals surface area contributed by atoms with Crippen LogP contribution in [0.3, 0.4) is 0 Å². The van der Waals surface area contributed by atoms with Crippen molar-refractivity contribution in [1.29, 1.82) is 0 Å². The zero-order valence-corrected chi connectivity index (χ0v) is 28.6. The van der Waals surface area contributed by atoms with Crippen LogP contribution in [-0.2, 0) is 35.3 Å². The lowest BCUT2D eigenvalue weighted by molar-refractivity contribution is -0.689. The molecule has 0 aliphatic carbocycles. The molecule has 0 radical (unpaired) electrons. The molecule has 256 valence electrons. The minimum atomic E-state index is -1.68. The summed E-state index contributed by atoms with van der Waals surface area (Å²) >= 11 is 2.37. The Labute approximate surface area is 295 Å². The van der Waals surface area contributed by atoms with E-state index in [1.54, 1.807) is 17.0 Å². The molecule has 0 bridgehead atoms. The van der Waals surface area contributed by atoms with Crippen molar-refractivity contribution in [3.63, 3.8) is 0 Å². The van der Waals surface area contributed by atoms with Gasteiger partial charge in [0.1, 0.15) is 17.1 Å². The van der Waals surface area contributed by atoms with Gasteiger partial charge in [0, 0.05) is 28.8 Å². The second-order valence-electron chi connectivity index (χ2n) is 11.9. The summed E-state index contributed by atoms with van der Waals surface area (Å²) in [6.45, 7) is 3.14. The number of oxime groups is 1. The number of carbonyl (C=O) groups is 4. The van der Waals surface area contributed by atoms with Crippen molar-refractivity contribution in [2.45, 2.75) is 43.5 Å². The third-order valence-electron chi connectivity index (χ3n) is 7.94. The number of nitrogens with one attached hydrogen (secondary N) is 1. The summed E-state index contributed by atoms with van der Waals surface area (Å²) < 4.78 is 7.75. The minimum absolute atomic E-state index is 0.0537. The second-order valence-corrected chi connectivity index (χ2v) is 13.9. The molecule has 2 atom stereocenters. The molecule has 4 aromatic rings. The highest BCUT2D eigenvalue weighted by molar-refractivity contribution is 8.00. The maximum Gasteiger partial charge on any atom is 0.353 e. The molecule has 2 amide bonds. The van der Waals surface area contributed by atoms with Crippen molar-refractivity contribution in [2.75, 3.05) is 11.5 Å². The number of carbonyl (C=O) groups excluding carboxylic acids is 4. The predicted molar refractivity (Wildman–Crippen MR) is 183 cm³/mol. The normalized spacial score (nSPS) is 17.5. The van der Waals surface area contributed by atoms with Gasteiger partial charge in [0.25, 0.3) is 11.8 Å².